The van der Waals surface area contributed by atoms with Gasteiger partial charge in [-0.15, -0.1) is 0 Å². The number of ether oxygens (including phenoxy) is 1. The van der Waals surface area contributed by atoms with Crippen LogP contribution in [0.5, 0.6) is 0 Å². The summed E-state index contributed by atoms with van der Waals surface area (Å²) in [6.45, 7) is 5.42. The molecular formula is C25H39N5O5. The number of methoxy groups -OCH3 is 1. The monoisotopic (exact) mass is 489 g/mol. The molecular weight excluding hydrogens is 450 g/mol. The number of aliphatic hydroxyl groups excluding tert-OH is 1. The molecule has 1 aliphatic carbocycles. The van der Waals surface area contributed by atoms with E-state index in [2.05, 4.69) is 15.6 Å². The van der Waals surface area contributed by atoms with Crippen molar-refractivity contribution >= 4 is 23.7 Å². The molecule has 2 unspecified atom stereocenters. The van der Waals surface area contributed by atoms with Gasteiger partial charge >= 0.3 is 5.97 Å². The van der Waals surface area contributed by atoms with Gasteiger partial charge in [0.15, 0.2) is 5.96 Å². The van der Waals surface area contributed by atoms with Gasteiger partial charge in [-0.3, -0.25) is 19.7 Å². The minimum absolute atomic E-state index is 0.0442. The van der Waals surface area contributed by atoms with Crippen LogP contribution in [0.25, 0.3) is 0 Å². The Morgan fingerprint density at radius 1 is 1.20 bits per heavy atom. The van der Waals surface area contributed by atoms with Crippen LogP contribution in [0.3, 0.4) is 0 Å². The molecule has 35 heavy (non-hydrogen) atoms. The van der Waals surface area contributed by atoms with Gasteiger partial charge in [-0.05, 0) is 24.3 Å². The summed E-state index contributed by atoms with van der Waals surface area (Å²) in [6, 6.07) is 7.46. The molecule has 7 N–H and O–H groups in total. The number of esters is 1. The van der Waals surface area contributed by atoms with Crippen LogP contribution in [-0.2, 0) is 25.5 Å². The molecule has 194 valence electrons. The molecule has 1 aliphatic rings. The Bertz CT molecular complexity index is 889. The number of benzene rings is 1. The van der Waals surface area contributed by atoms with Crippen LogP contribution in [0.4, 0.5) is 0 Å². The van der Waals surface area contributed by atoms with E-state index in [0.717, 1.165) is 18.4 Å². The molecule has 0 radical (unpaired) electrons. The van der Waals surface area contributed by atoms with E-state index < -0.39 is 47.9 Å². The predicted molar refractivity (Wildman–Crippen MR) is 133 cm³/mol. The summed E-state index contributed by atoms with van der Waals surface area (Å²) in [7, 11) is 1.26. The van der Waals surface area contributed by atoms with Crippen LogP contribution in [0.15, 0.2) is 35.3 Å². The highest BCUT2D eigenvalue weighted by molar-refractivity contribution is 5.98. The normalized spacial score (nSPS) is 24.0. The number of amides is 2. The largest absolute Gasteiger partial charge is 0.469 e. The summed E-state index contributed by atoms with van der Waals surface area (Å²) in [5.41, 5.74) is 13.0. The number of carbonyl (C=O) groups excluding carboxylic acids is 3. The van der Waals surface area contributed by atoms with Gasteiger partial charge in [-0.1, -0.05) is 57.0 Å². The third kappa shape index (κ3) is 7.50. The Morgan fingerprint density at radius 2 is 1.83 bits per heavy atom. The van der Waals surface area contributed by atoms with Gasteiger partial charge in [0, 0.05) is 18.9 Å². The molecule has 0 aliphatic heterocycles. The van der Waals surface area contributed by atoms with Crippen molar-refractivity contribution in [1.29, 1.82) is 0 Å². The molecule has 0 aromatic heterocycles. The smallest absolute Gasteiger partial charge is 0.311 e. The molecule has 1 saturated carbocycles. The predicted octanol–water partition coefficient (Wildman–Crippen LogP) is 0.467. The average molecular weight is 490 g/mol. The fourth-order valence-electron chi connectivity index (χ4n) is 4.98. The Morgan fingerprint density at radius 3 is 2.37 bits per heavy atom. The molecule has 0 bridgehead atoms. The van der Waals surface area contributed by atoms with E-state index in [1.165, 1.54) is 14.0 Å². The zero-order chi connectivity index (χ0) is 26.1. The molecule has 0 spiro atoms. The second-order valence-corrected chi connectivity index (χ2v) is 9.10. The highest BCUT2D eigenvalue weighted by Crippen LogP contribution is 2.40. The van der Waals surface area contributed by atoms with Gasteiger partial charge in [0.05, 0.1) is 31.2 Å². The zero-order valence-electron chi connectivity index (χ0n) is 20.9. The van der Waals surface area contributed by atoms with Gasteiger partial charge in [0.1, 0.15) is 0 Å². The second kappa shape index (κ2) is 13.2. The Hall–Kier alpha value is -2.98. The summed E-state index contributed by atoms with van der Waals surface area (Å²) < 4.78 is 4.88. The van der Waals surface area contributed by atoms with Gasteiger partial charge in [0.2, 0.25) is 11.8 Å². The van der Waals surface area contributed by atoms with Crippen molar-refractivity contribution < 1.29 is 24.2 Å². The van der Waals surface area contributed by atoms with E-state index in [4.69, 9.17) is 16.2 Å². The number of hydrogen-bond acceptors (Lipinski definition) is 7. The molecule has 6 atom stereocenters. The standard InChI is InChI=1S/C25H39N5O5/c1-5-16(6-2)21(28-14(3)31)20-19(13-17(22(20)32)24(34)35-4)29-25(27)30-23(33)18(26)12-15-10-8-7-9-11-15/h7-11,16-22,32H,5-6,12-13,26H2,1-4H3,(H,28,31)(H3,27,29,30,33)/t17-,18?,19+,20+,21?,22+/m0/s1. The number of hydrogen-bond donors (Lipinski definition) is 5. The summed E-state index contributed by atoms with van der Waals surface area (Å²) in [6.07, 6.45) is 0.905. The van der Waals surface area contributed by atoms with E-state index in [9.17, 15) is 19.5 Å². The molecule has 0 saturated heterocycles. The van der Waals surface area contributed by atoms with Crippen LogP contribution in [-0.4, -0.2) is 60.2 Å². The summed E-state index contributed by atoms with van der Waals surface area (Å²) in [4.78, 5) is 41.4. The second-order valence-electron chi connectivity index (χ2n) is 9.10. The van der Waals surface area contributed by atoms with E-state index in [-0.39, 0.29) is 24.2 Å². The topological polar surface area (TPSA) is 169 Å². The Balaban J connectivity index is 2.27. The van der Waals surface area contributed by atoms with Crippen molar-refractivity contribution in [3.05, 3.63) is 35.9 Å². The van der Waals surface area contributed by atoms with Crippen molar-refractivity contribution in [2.45, 2.75) is 70.7 Å². The average Bonchev–Trinajstić information content (AvgIpc) is 3.14. The number of nitrogens with zero attached hydrogens (tertiary/aromatic N) is 1. The van der Waals surface area contributed by atoms with Crippen molar-refractivity contribution in [1.82, 2.24) is 10.6 Å². The SMILES string of the molecule is CCC(CC)C(NC(C)=O)[C@@H]1[C@H](O)[C@@H](C(=O)OC)C[C@H]1N=C(N)NC(=O)C(N)Cc1ccccc1. The Kier molecular flexibility index (Phi) is 10.7. The first-order valence-electron chi connectivity index (χ1n) is 12.1. The zero-order valence-corrected chi connectivity index (χ0v) is 20.9. The third-order valence-corrected chi connectivity index (χ3v) is 6.78. The number of rotatable bonds is 10. The first kappa shape index (κ1) is 28.3. The number of nitrogens with one attached hydrogen (secondary N) is 2. The maximum absolute atomic E-state index is 12.6. The van der Waals surface area contributed by atoms with Gasteiger partial charge < -0.3 is 26.6 Å². The van der Waals surface area contributed by atoms with Crippen LogP contribution >= 0.6 is 0 Å². The lowest BCUT2D eigenvalue weighted by molar-refractivity contribution is -0.149. The maximum Gasteiger partial charge on any atom is 0.311 e. The van der Waals surface area contributed by atoms with Crippen LogP contribution in [0, 0.1) is 17.8 Å². The number of aliphatic imine (C=N–C) groups is 1. The summed E-state index contributed by atoms with van der Waals surface area (Å²) in [5.74, 6) is -2.83. The van der Waals surface area contributed by atoms with E-state index in [1.54, 1.807) is 0 Å². The van der Waals surface area contributed by atoms with Gasteiger partial charge in [-0.2, -0.15) is 0 Å². The highest BCUT2D eigenvalue weighted by atomic mass is 16.5. The van der Waals surface area contributed by atoms with Crippen LogP contribution < -0.4 is 22.1 Å². The van der Waals surface area contributed by atoms with Crippen LogP contribution in [0.2, 0.25) is 0 Å². The number of guanidine groups is 1. The van der Waals surface area contributed by atoms with E-state index in [0.29, 0.717) is 6.42 Å². The molecule has 0 heterocycles. The van der Waals surface area contributed by atoms with Gasteiger partial charge in [-0.25, -0.2) is 4.99 Å². The number of aliphatic hydroxyl groups is 1. The fourth-order valence-corrected chi connectivity index (χ4v) is 4.98. The quantitative estimate of drug-likeness (QED) is 0.181. The van der Waals surface area contributed by atoms with E-state index in [1.807, 2.05) is 44.2 Å². The molecule has 2 amide bonds. The van der Waals surface area contributed by atoms with Crippen molar-refractivity contribution in [2.75, 3.05) is 7.11 Å². The first-order chi connectivity index (χ1) is 16.6. The number of nitrogens with two attached hydrogens (primary N) is 2. The van der Waals surface area contributed by atoms with Crippen molar-refractivity contribution in [2.24, 2.45) is 34.2 Å². The maximum atomic E-state index is 12.6. The van der Waals surface area contributed by atoms with Crippen LogP contribution in [0.1, 0.15) is 45.6 Å². The molecule has 1 aromatic rings. The first-order valence-corrected chi connectivity index (χ1v) is 12.1. The highest BCUT2D eigenvalue weighted by Gasteiger charge is 2.51. The van der Waals surface area contributed by atoms with E-state index >= 15 is 0 Å². The lowest BCUT2D eigenvalue weighted by Crippen LogP contribution is -2.51. The lowest BCUT2D eigenvalue weighted by atomic mass is 9.80. The molecule has 2 rings (SSSR count). The number of carbonyl (C=O) groups is 3. The molecule has 10 nitrogen and oxygen atoms in total. The lowest BCUT2D eigenvalue weighted by Gasteiger charge is -2.35. The minimum atomic E-state index is -1.10. The van der Waals surface area contributed by atoms with Crippen molar-refractivity contribution in [3.8, 4) is 0 Å². The van der Waals surface area contributed by atoms with Crippen molar-refractivity contribution in [3.63, 3.8) is 0 Å². The molecule has 1 aromatic carbocycles. The molecule has 1 fully saturated rings. The van der Waals surface area contributed by atoms with Gasteiger partial charge in [0.25, 0.3) is 0 Å². The minimum Gasteiger partial charge on any atom is -0.469 e. The molecule has 10 heteroatoms. The summed E-state index contributed by atoms with van der Waals surface area (Å²) >= 11 is 0. The summed E-state index contributed by atoms with van der Waals surface area (Å²) in [5, 5.41) is 16.6. The fraction of sp³-hybridized carbons (Fsp3) is 0.600. The Labute approximate surface area is 206 Å². The third-order valence-electron chi connectivity index (χ3n) is 6.78.